The number of β-lactam (4-membered cyclic amide) rings is 1. The molecule has 154 valence electrons. The summed E-state index contributed by atoms with van der Waals surface area (Å²) < 4.78 is 5.60. The first-order valence-corrected chi connectivity index (χ1v) is 10.6. The second-order valence-electron chi connectivity index (χ2n) is 6.56. The highest BCUT2D eigenvalue weighted by molar-refractivity contribution is 8.00. The molecule has 13 heteroatoms. The number of thioether (sulfide) groups is 1. The first-order chi connectivity index (χ1) is 13.9. The van der Waals surface area contributed by atoms with Gasteiger partial charge >= 0.3 is 5.97 Å². The lowest BCUT2D eigenvalue weighted by atomic mass is 9.99. The molecule has 3 unspecified atom stereocenters. The highest BCUT2D eigenvalue weighted by Gasteiger charge is 2.55. The number of nitrogens with one attached hydrogen (secondary N) is 1. The van der Waals surface area contributed by atoms with E-state index in [1.54, 1.807) is 0 Å². The molecule has 3 aliphatic heterocycles. The molecule has 4 heterocycles. The molecule has 0 bridgehead atoms. The largest absolute Gasteiger partial charge is 0.477 e. The number of carboxylic acid groups (broad SMARTS) is 1. The normalized spacial score (nSPS) is 26.9. The predicted octanol–water partition coefficient (Wildman–Crippen LogP) is -0.179. The highest BCUT2D eigenvalue weighted by atomic mass is 32.2. The van der Waals surface area contributed by atoms with E-state index < -0.39 is 29.2 Å². The standard InChI is InChI=1S/C16H17N5O6S2/c17-16-18-7(5-29-16)9(20-26)12(22)19-10-13(23)21-11(15(24)25)6(4-28-14(10)21)8-2-1-3-27-8/h5,8,10,14,26H,1-4H2,(H2,17,18)(H,19,22)(H,24,25)/b20-9+. The maximum Gasteiger partial charge on any atom is 0.352 e. The lowest BCUT2D eigenvalue weighted by Crippen LogP contribution is -2.71. The quantitative estimate of drug-likeness (QED) is 0.210. The Hall–Kier alpha value is -2.64. The van der Waals surface area contributed by atoms with Crippen molar-refractivity contribution in [1.82, 2.24) is 15.2 Å². The smallest absolute Gasteiger partial charge is 0.352 e. The van der Waals surface area contributed by atoms with E-state index in [4.69, 9.17) is 10.5 Å². The molecule has 0 spiro atoms. The van der Waals surface area contributed by atoms with Crippen LogP contribution >= 0.6 is 23.1 Å². The fourth-order valence-electron chi connectivity index (χ4n) is 3.56. The van der Waals surface area contributed by atoms with E-state index in [1.165, 1.54) is 22.0 Å². The summed E-state index contributed by atoms with van der Waals surface area (Å²) >= 11 is 2.43. The molecule has 5 N–H and O–H groups in total. The monoisotopic (exact) mass is 439 g/mol. The molecule has 3 aliphatic rings. The summed E-state index contributed by atoms with van der Waals surface area (Å²) in [7, 11) is 0. The number of amides is 2. The second-order valence-corrected chi connectivity index (χ2v) is 8.56. The molecule has 3 atom stereocenters. The topological polar surface area (TPSA) is 167 Å². The number of hydrogen-bond donors (Lipinski definition) is 4. The van der Waals surface area contributed by atoms with Crippen LogP contribution in [-0.4, -0.2) is 73.6 Å². The number of carbonyl (C=O) groups is 3. The van der Waals surface area contributed by atoms with Gasteiger partial charge in [-0.1, -0.05) is 5.16 Å². The number of thiazole rings is 1. The third-order valence-corrected chi connectivity index (χ3v) is 6.86. The van der Waals surface area contributed by atoms with Crippen LogP contribution in [0.15, 0.2) is 21.8 Å². The van der Waals surface area contributed by atoms with Crippen LogP contribution in [0.1, 0.15) is 18.5 Å². The second kappa shape index (κ2) is 7.65. The van der Waals surface area contributed by atoms with Gasteiger partial charge in [0.25, 0.3) is 11.8 Å². The number of anilines is 1. The van der Waals surface area contributed by atoms with Crippen molar-refractivity contribution in [1.29, 1.82) is 0 Å². The van der Waals surface area contributed by atoms with Gasteiger partial charge in [0.1, 0.15) is 22.8 Å². The maximum atomic E-state index is 12.7. The number of carbonyl (C=O) groups excluding carboxylic acids is 2. The van der Waals surface area contributed by atoms with Gasteiger partial charge in [-0.05, 0) is 18.4 Å². The van der Waals surface area contributed by atoms with E-state index in [1.807, 2.05) is 0 Å². The van der Waals surface area contributed by atoms with Crippen LogP contribution in [0.5, 0.6) is 0 Å². The number of hydrogen-bond acceptors (Lipinski definition) is 10. The minimum absolute atomic E-state index is 0.0699. The van der Waals surface area contributed by atoms with Gasteiger partial charge in [0.2, 0.25) is 0 Å². The molecule has 2 amide bonds. The lowest BCUT2D eigenvalue weighted by Gasteiger charge is -2.49. The summed E-state index contributed by atoms with van der Waals surface area (Å²) in [4.78, 5) is 42.1. The van der Waals surface area contributed by atoms with Crippen molar-refractivity contribution in [2.45, 2.75) is 30.4 Å². The molecule has 0 saturated carbocycles. The Bertz CT molecular complexity index is 938. The lowest BCUT2D eigenvalue weighted by molar-refractivity contribution is -0.150. The fourth-order valence-corrected chi connectivity index (χ4v) is 5.52. The maximum absolute atomic E-state index is 12.7. The zero-order valence-electron chi connectivity index (χ0n) is 14.9. The van der Waals surface area contributed by atoms with Gasteiger partial charge in [-0.15, -0.1) is 23.1 Å². The highest BCUT2D eigenvalue weighted by Crippen LogP contribution is 2.42. The van der Waals surface area contributed by atoms with Crippen LogP contribution in [0.2, 0.25) is 0 Å². The Kier molecular flexibility index (Phi) is 5.19. The molecule has 1 aromatic heterocycles. The Labute approximate surface area is 172 Å². The minimum atomic E-state index is -1.20. The summed E-state index contributed by atoms with van der Waals surface area (Å²) in [5, 5.41) is 25.4. The Morgan fingerprint density at radius 2 is 2.24 bits per heavy atom. The molecule has 2 fully saturated rings. The van der Waals surface area contributed by atoms with Crippen molar-refractivity contribution in [3.63, 3.8) is 0 Å². The van der Waals surface area contributed by atoms with Crippen molar-refractivity contribution >= 4 is 51.7 Å². The van der Waals surface area contributed by atoms with E-state index in [9.17, 15) is 24.7 Å². The molecule has 0 aromatic carbocycles. The summed E-state index contributed by atoms with van der Waals surface area (Å²) in [6, 6.07) is -0.944. The average molecular weight is 439 g/mol. The van der Waals surface area contributed by atoms with E-state index in [0.717, 1.165) is 17.8 Å². The first kappa shape index (κ1) is 19.7. The number of nitrogen functional groups attached to an aromatic ring is 1. The summed E-state index contributed by atoms with van der Waals surface area (Å²) in [5.74, 6) is -2.16. The van der Waals surface area contributed by atoms with Gasteiger partial charge < -0.3 is 26.1 Å². The van der Waals surface area contributed by atoms with Crippen molar-refractivity contribution in [2.75, 3.05) is 18.1 Å². The van der Waals surface area contributed by atoms with Gasteiger partial charge in [-0.2, -0.15) is 0 Å². The minimum Gasteiger partial charge on any atom is -0.477 e. The van der Waals surface area contributed by atoms with Crippen LogP contribution < -0.4 is 11.1 Å². The van der Waals surface area contributed by atoms with E-state index in [0.29, 0.717) is 24.4 Å². The Morgan fingerprint density at radius 1 is 1.45 bits per heavy atom. The molecule has 1 aromatic rings. The van der Waals surface area contributed by atoms with Crippen molar-refractivity contribution < 1.29 is 29.4 Å². The molecule has 11 nitrogen and oxygen atoms in total. The predicted molar refractivity (Wildman–Crippen MR) is 104 cm³/mol. The van der Waals surface area contributed by atoms with E-state index >= 15 is 0 Å². The van der Waals surface area contributed by atoms with Gasteiger partial charge in [-0.25, -0.2) is 9.78 Å². The third-order valence-electron chi connectivity index (χ3n) is 4.88. The number of fused-ring (bicyclic) bond motifs is 1. The fraction of sp³-hybridized carbons (Fsp3) is 0.438. The number of oxime groups is 1. The Balaban J connectivity index is 1.52. The molecule has 4 rings (SSSR count). The Morgan fingerprint density at radius 3 is 2.83 bits per heavy atom. The molecule has 0 radical (unpaired) electrons. The van der Waals surface area contributed by atoms with Crippen LogP contribution in [0.25, 0.3) is 0 Å². The molecular weight excluding hydrogens is 422 g/mol. The molecular formula is C16H17N5O6S2. The zero-order valence-corrected chi connectivity index (χ0v) is 16.5. The van der Waals surface area contributed by atoms with Gasteiger partial charge in [0, 0.05) is 17.7 Å². The van der Waals surface area contributed by atoms with Crippen molar-refractivity contribution in [3.05, 3.63) is 22.3 Å². The van der Waals surface area contributed by atoms with E-state index in [-0.39, 0.29) is 28.3 Å². The number of aliphatic carboxylic acids is 1. The van der Waals surface area contributed by atoms with Crippen LogP contribution in [0, 0.1) is 0 Å². The summed E-state index contributed by atoms with van der Waals surface area (Å²) in [5.41, 5.74) is 5.76. The van der Waals surface area contributed by atoms with Gasteiger partial charge in [-0.3, -0.25) is 14.5 Å². The number of nitrogens with two attached hydrogens (primary N) is 1. The average Bonchev–Trinajstić information content (AvgIpc) is 3.37. The third kappa shape index (κ3) is 3.34. The summed E-state index contributed by atoms with van der Waals surface area (Å²) in [6.45, 7) is 0.562. The summed E-state index contributed by atoms with van der Waals surface area (Å²) in [6.07, 6.45) is 1.25. The van der Waals surface area contributed by atoms with Crippen molar-refractivity contribution in [3.8, 4) is 0 Å². The number of aromatic nitrogens is 1. The van der Waals surface area contributed by atoms with Crippen LogP contribution in [0.3, 0.4) is 0 Å². The number of ether oxygens (including phenoxy) is 1. The van der Waals surface area contributed by atoms with Gasteiger partial charge in [0.05, 0.1) is 6.10 Å². The van der Waals surface area contributed by atoms with E-state index in [2.05, 4.69) is 15.5 Å². The van der Waals surface area contributed by atoms with Crippen LogP contribution in [-0.2, 0) is 19.1 Å². The van der Waals surface area contributed by atoms with Gasteiger partial charge in [0.15, 0.2) is 10.8 Å². The van der Waals surface area contributed by atoms with Crippen molar-refractivity contribution in [2.24, 2.45) is 5.16 Å². The first-order valence-electron chi connectivity index (χ1n) is 8.69. The molecule has 29 heavy (non-hydrogen) atoms. The SMILES string of the molecule is Nc1nc(/C(=N\O)C(=O)NC2C(=O)N3C(C(=O)O)=C(C4CCCO4)CSC23)cs1. The zero-order chi connectivity index (χ0) is 20.7. The number of nitrogens with zero attached hydrogens (tertiary/aromatic N) is 3. The van der Waals surface area contributed by atoms with Crippen LogP contribution in [0.4, 0.5) is 5.13 Å². The molecule has 0 aliphatic carbocycles. The molecule has 2 saturated heterocycles. The number of rotatable bonds is 5. The number of carboxylic acids is 1.